The van der Waals surface area contributed by atoms with E-state index >= 15 is 0 Å². The Bertz CT molecular complexity index is 415. The van der Waals surface area contributed by atoms with Gasteiger partial charge in [-0.3, -0.25) is 0 Å². The Morgan fingerprint density at radius 3 is 2.33 bits per heavy atom. The second kappa shape index (κ2) is 6.60. The minimum Gasteiger partial charge on any atom is -0.506 e. The summed E-state index contributed by atoms with van der Waals surface area (Å²) in [6, 6.07) is 0.726. The van der Waals surface area contributed by atoms with E-state index in [1.165, 1.54) is 0 Å². The van der Waals surface area contributed by atoms with E-state index in [-0.39, 0.29) is 41.2 Å². The molecule has 1 aromatic carbocycles. The van der Waals surface area contributed by atoms with Gasteiger partial charge in [-0.1, -0.05) is 0 Å². The summed E-state index contributed by atoms with van der Waals surface area (Å²) < 4.78 is 37.5. The van der Waals surface area contributed by atoms with Crippen molar-refractivity contribution in [2.45, 2.75) is 18.6 Å². The predicted molar refractivity (Wildman–Crippen MR) is 66.7 cm³/mol. The Hall–Kier alpha value is -0.500. The molecule has 1 unspecified atom stereocenters. The summed E-state index contributed by atoms with van der Waals surface area (Å²) in [6.07, 6.45) is -4.44. The maximum absolute atomic E-state index is 12.5. The second-order valence-corrected chi connectivity index (χ2v) is 4.37. The van der Waals surface area contributed by atoms with Gasteiger partial charge < -0.3 is 15.9 Å². The lowest BCUT2D eigenvalue weighted by atomic mass is 10.0. The molecule has 0 aromatic heterocycles. The van der Waals surface area contributed by atoms with Crippen molar-refractivity contribution >= 4 is 28.3 Å². The molecular formula is C10H12BrClF3NO2. The molecule has 1 atom stereocenters. The van der Waals surface area contributed by atoms with Gasteiger partial charge in [0.25, 0.3) is 0 Å². The summed E-state index contributed by atoms with van der Waals surface area (Å²) in [5.74, 6) is -0.334. The van der Waals surface area contributed by atoms with Crippen LogP contribution in [0, 0.1) is 0 Å². The van der Waals surface area contributed by atoms with Gasteiger partial charge in [0, 0.05) is 18.2 Å². The van der Waals surface area contributed by atoms with E-state index in [1.807, 2.05) is 0 Å². The molecule has 0 aliphatic rings. The van der Waals surface area contributed by atoms with Gasteiger partial charge in [0.2, 0.25) is 0 Å². The highest BCUT2D eigenvalue weighted by Crippen LogP contribution is 2.39. The second-order valence-electron chi connectivity index (χ2n) is 3.51. The van der Waals surface area contributed by atoms with Gasteiger partial charge >= 0.3 is 6.18 Å². The van der Waals surface area contributed by atoms with Gasteiger partial charge in [0.1, 0.15) is 5.75 Å². The zero-order valence-electron chi connectivity index (χ0n) is 9.04. The van der Waals surface area contributed by atoms with Crippen LogP contribution in [0.2, 0.25) is 0 Å². The molecule has 0 aliphatic carbocycles. The maximum Gasteiger partial charge on any atom is 0.416 e. The van der Waals surface area contributed by atoms with Crippen molar-refractivity contribution in [3.8, 4) is 5.75 Å². The number of aliphatic hydroxyl groups is 1. The largest absolute Gasteiger partial charge is 0.506 e. The van der Waals surface area contributed by atoms with Crippen LogP contribution in [0.5, 0.6) is 5.75 Å². The Morgan fingerprint density at radius 2 is 1.89 bits per heavy atom. The SMILES string of the molecule is Cl.NC(CCO)c1cc(C(F)(F)F)cc(Br)c1O. The monoisotopic (exact) mass is 349 g/mol. The van der Waals surface area contributed by atoms with Crippen LogP contribution >= 0.6 is 28.3 Å². The molecule has 0 spiro atoms. The molecule has 104 valence electrons. The first-order valence-corrected chi connectivity index (χ1v) is 5.52. The van der Waals surface area contributed by atoms with Gasteiger partial charge in [0.05, 0.1) is 10.0 Å². The smallest absolute Gasteiger partial charge is 0.416 e. The van der Waals surface area contributed by atoms with E-state index in [0.717, 1.165) is 12.1 Å². The standard InChI is InChI=1S/C10H11BrF3NO2.ClH/c11-7-4-5(10(12,13)14)3-6(9(7)17)8(15)1-2-16;/h3-4,8,16-17H,1-2,15H2;1H. The summed E-state index contributed by atoms with van der Waals surface area (Å²) in [4.78, 5) is 0. The van der Waals surface area contributed by atoms with Crippen LogP contribution in [0.15, 0.2) is 16.6 Å². The predicted octanol–water partition coefficient (Wildman–Crippen LogP) is 2.98. The van der Waals surface area contributed by atoms with Crippen LogP contribution in [0.4, 0.5) is 13.2 Å². The van der Waals surface area contributed by atoms with Crippen LogP contribution < -0.4 is 5.73 Å². The topological polar surface area (TPSA) is 66.5 Å². The molecule has 1 rings (SSSR count). The van der Waals surface area contributed by atoms with Crippen molar-refractivity contribution < 1.29 is 23.4 Å². The third-order valence-corrected chi connectivity index (χ3v) is 2.86. The van der Waals surface area contributed by atoms with Gasteiger partial charge in [0.15, 0.2) is 0 Å². The van der Waals surface area contributed by atoms with E-state index < -0.39 is 17.8 Å². The molecule has 0 amide bonds. The summed E-state index contributed by atoms with van der Waals surface area (Å²) >= 11 is 2.84. The highest BCUT2D eigenvalue weighted by atomic mass is 79.9. The minimum absolute atomic E-state index is 0. The van der Waals surface area contributed by atoms with Gasteiger partial charge in [-0.25, -0.2) is 0 Å². The fourth-order valence-corrected chi connectivity index (χ4v) is 1.84. The van der Waals surface area contributed by atoms with Crippen molar-refractivity contribution in [3.63, 3.8) is 0 Å². The van der Waals surface area contributed by atoms with Crippen LogP contribution in [0.25, 0.3) is 0 Å². The Labute approximate surface area is 116 Å². The number of nitrogens with two attached hydrogens (primary N) is 1. The lowest BCUT2D eigenvalue weighted by Gasteiger charge is -2.16. The molecule has 0 fully saturated rings. The van der Waals surface area contributed by atoms with Crippen molar-refractivity contribution in [2.24, 2.45) is 5.73 Å². The van der Waals surface area contributed by atoms with Crippen molar-refractivity contribution in [3.05, 3.63) is 27.7 Å². The number of rotatable bonds is 3. The molecule has 18 heavy (non-hydrogen) atoms. The number of aliphatic hydroxyl groups excluding tert-OH is 1. The van der Waals surface area contributed by atoms with E-state index in [2.05, 4.69) is 15.9 Å². The van der Waals surface area contributed by atoms with E-state index in [0.29, 0.717) is 0 Å². The fraction of sp³-hybridized carbons (Fsp3) is 0.400. The van der Waals surface area contributed by atoms with Crippen LogP contribution in [0.3, 0.4) is 0 Å². The fourth-order valence-electron chi connectivity index (χ4n) is 1.36. The third-order valence-electron chi connectivity index (χ3n) is 2.26. The highest BCUT2D eigenvalue weighted by molar-refractivity contribution is 9.10. The summed E-state index contributed by atoms with van der Waals surface area (Å²) in [5.41, 5.74) is 4.64. The minimum atomic E-state index is -4.51. The van der Waals surface area contributed by atoms with Crippen LogP contribution in [0.1, 0.15) is 23.6 Å². The highest BCUT2D eigenvalue weighted by Gasteiger charge is 2.32. The molecule has 0 radical (unpaired) electrons. The summed E-state index contributed by atoms with van der Waals surface area (Å²) in [7, 11) is 0. The normalized spacial score (nSPS) is 13.0. The Balaban J connectivity index is 0.00000289. The zero-order valence-corrected chi connectivity index (χ0v) is 11.4. The van der Waals surface area contributed by atoms with Crippen molar-refractivity contribution in [2.75, 3.05) is 6.61 Å². The third kappa shape index (κ3) is 4.01. The summed E-state index contributed by atoms with van der Waals surface area (Å²) in [5, 5.41) is 18.3. The molecule has 0 bridgehead atoms. The lowest BCUT2D eigenvalue weighted by Crippen LogP contribution is -2.14. The molecular weight excluding hydrogens is 338 g/mol. The van der Waals surface area contributed by atoms with Crippen LogP contribution in [-0.4, -0.2) is 16.8 Å². The quantitative estimate of drug-likeness (QED) is 0.785. The first-order chi connectivity index (χ1) is 7.77. The van der Waals surface area contributed by atoms with Crippen molar-refractivity contribution in [1.29, 1.82) is 0 Å². The van der Waals surface area contributed by atoms with Crippen LogP contribution in [-0.2, 0) is 6.18 Å². The number of hydrogen-bond donors (Lipinski definition) is 3. The Morgan fingerprint density at radius 1 is 1.33 bits per heavy atom. The molecule has 3 nitrogen and oxygen atoms in total. The summed E-state index contributed by atoms with van der Waals surface area (Å²) in [6.45, 7) is -0.269. The first-order valence-electron chi connectivity index (χ1n) is 4.73. The van der Waals surface area contributed by atoms with Crippen molar-refractivity contribution in [1.82, 2.24) is 0 Å². The zero-order chi connectivity index (χ0) is 13.2. The number of halogens is 5. The number of hydrogen-bond acceptors (Lipinski definition) is 3. The molecule has 1 aromatic rings. The van der Waals surface area contributed by atoms with E-state index in [4.69, 9.17) is 10.8 Å². The Kier molecular flexibility index (Phi) is 6.42. The van der Waals surface area contributed by atoms with Gasteiger partial charge in [-0.2, -0.15) is 13.2 Å². The number of benzene rings is 1. The number of phenols is 1. The molecule has 0 saturated heterocycles. The maximum atomic E-state index is 12.5. The number of alkyl halides is 3. The average Bonchev–Trinajstić information content (AvgIpc) is 2.20. The molecule has 0 heterocycles. The number of phenolic OH excluding ortho intramolecular Hbond substituents is 1. The number of aromatic hydroxyl groups is 1. The molecule has 0 aliphatic heterocycles. The van der Waals surface area contributed by atoms with Gasteiger partial charge in [-0.15, -0.1) is 12.4 Å². The van der Waals surface area contributed by atoms with E-state index in [9.17, 15) is 18.3 Å². The molecule has 0 saturated carbocycles. The molecule has 4 N–H and O–H groups in total. The van der Waals surface area contributed by atoms with E-state index in [1.54, 1.807) is 0 Å². The first kappa shape index (κ1) is 17.5. The molecule has 8 heteroatoms. The van der Waals surface area contributed by atoms with Gasteiger partial charge in [-0.05, 0) is 34.5 Å². The average molecular weight is 351 g/mol. The lowest BCUT2D eigenvalue weighted by molar-refractivity contribution is -0.137.